The van der Waals surface area contributed by atoms with E-state index < -0.39 is 17.7 Å². The van der Waals surface area contributed by atoms with Gasteiger partial charge in [0.1, 0.15) is 11.2 Å². The molecule has 2 aromatic carbocycles. The van der Waals surface area contributed by atoms with Crippen LogP contribution in [0.3, 0.4) is 0 Å². The minimum Gasteiger partial charge on any atom is -0.469 e. The molecular formula is C30H39BrN4O4. The highest BCUT2D eigenvalue weighted by atomic mass is 79.9. The number of urea groups is 1. The summed E-state index contributed by atoms with van der Waals surface area (Å²) in [5.74, 6) is 0.299. The van der Waals surface area contributed by atoms with Crippen LogP contribution in [0, 0.1) is 5.41 Å². The fourth-order valence-corrected chi connectivity index (χ4v) is 5.68. The summed E-state index contributed by atoms with van der Waals surface area (Å²) in [7, 11) is 2.06. The van der Waals surface area contributed by atoms with Crippen molar-refractivity contribution < 1.29 is 19.1 Å². The van der Waals surface area contributed by atoms with Crippen molar-refractivity contribution in [3.05, 3.63) is 64.1 Å². The van der Waals surface area contributed by atoms with Crippen molar-refractivity contribution in [1.29, 1.82) is 0 Å². The summed E-state index contributed by atoms with van der Waals surface area (Å²) < 4.78 is 7.28. The van der Waals surface area contributed by atoms with E-state index in [1.54, 1.807) is 24.3 Å². The van der Waals surface area contributed by atoms with Gasteiger partial charge in [0.05, 0.1) is 6.04 Å². The fourth-order valence-electron chi connectivity index (χ4n) is 5.42. The van der Waals surface area contributed by atoms with Crippen molar-refractivity contribution >= 4 is 33.8 Å². The molecule has 2 aliphatic rings. The SMILES string of the molecule is CCC[C@@H](NC(=O)N1C(=O)C(CC)(CC)[C@@H]1Oc1ccc(C(=O)N2CCN(C)CC2)cc1)c1ccc(Br)cc1. The number of carbonyl (C=O) groups excluding carboxylic acids is 3. The standard InChI is InChI=1S/C30H39BrN4O4/c1-5-8-25(21-9-13-23(31)14-10-21)32-29(38)35-27(37)30(6-2,7-3)28(35)39-24-15-11-22(12-16-24)26(36)34-19-17-33(4)18-20-34/h9-16,25,28H,5-8,17-20H2,1-4H3,(H,32,38)/t25-,28+/m1/s1. The highest BCUT2D eigenvalue weighted by molar-refractivity contribution is 9.10. The molecule has 2 aliphatic heterocycles. The fraction of sp³-hybridized carbons (Fsp3) is 0.500. The molecule has 0 unspecified atom stereocenters. The predicted molar refractivity (Wildman–Crippen MR) is 154 cm³/mol. The lowest BCUT2D eigenvalue weighted by molar-refractivity contribution is -0.191. The number of likely N-dealkylation sites (tertiary alicyclic amines) is 1. The number of halogens is 1. The van der Waals surface area contributed by atoms with Crippen LogP contribution in [0.25, 0.3) is 0 Å². The number of carbonyl (C=O) groups is 3. The normalized spacial score (nSPS) is 19.8. The van der Waals surface area contributed by atoms with E-state index >= 15 is 0 Å². The van der Waals surface area contributed by atoms with E-state index in [4.69, 9.17) is 4.74 Å². The van der Waals surface area contributed by atoms with E-state index in [-0.39, 0.29) is 17.9 Å². The molecule has 2 fully saturated rings. The van der Waals surface area contributed by atoms with Crippen LogP contribution >= 0.6 is 15.9 Å². The molecule has 1 N–H and O–H groups in total. The Labute approximate surface area is 239 Å². The van der Waals surface area contributed by atoms with Crippen molar-refractivity contribution in [2.75, 3.05) is 33.2 Å². The molecule has 0 spiro atoms. The van der Waals surface area contributed by atoms with Crippen LogP contribution in [0.2, 0.25) is 0 Å². The average Bonchev–Trinajstić information content (AvgIpc) is 2.94. The van der Waals surface area contributed by atoms with E-state index in [0.29, 0.717) is 37.2 Å². The number of piperazine rings is 1. The first kappa shape index (κ1) is 29.1. The third-order valence-corrected chi connectivity index (χ3v) is 8.65. The van der Waals surface area contributed by atoms with Crippen molar-refractivity contribution in [2.45, 2.75) is 58.7 Å². The number of amides is 4. The van der Waals surface area contributed by atoms with E-state index in [9.17, 15) is 14.4 Å². The Balaban J connectivity index is 1.49. The topological polar surface area (TPSA) is 82.2 Å². The van der Waals surface area contributed by atoms with Crippen molar-refractivity contribution in [3.63, 3.8) is 0 Å². The Hall–Kier alpha value is -2.91. The predicted octanol–water partition coefficient (Wildman–Crippen LogP) is 5.44. The molecule has 4 rings (SSSR count). The second-order valence-electron chi connectivity index (χ2n) is 10.5. The lowest BCUT2D eigenvalue weighted by Crippen LogP contribution is -2.73. The van der Waals surface area contributed by atoms with Gasteiger partial charge in [-0.3, -0.25) is 9.59 Å². The Morgan fingerprint density at radius 3 is 2.18 bits per heavy atom. The van der Waals surface area contributed by atoms with E-state index in [0.717, 1.165) is 36.0 Å². The molecule has 8 nitrogen and oxygen atoms in total. The summed E-state index contributed by atoms with van der Waals surface area (Å²) in [6.45, 7) is 9.09. The highest BCUT2D eigenvalue weighted by Crippen LogP contribution is 2.46. The maximum absolute atomic E-state index is 13.5. The van der Waals surface area contributed by atoms with Crippen LogP contribution < -0.4 is 10.1 Å². The van der Waals surface area contributed by atoms with E-state index in [1.165, 1.54) is 4.90 Å². The summed E-state index contributed by atoms with van der Waals surface area (Å²) in [6.07, 6.45) is 2.01. The maximum atomic E-state index is 13.5. The molecule has 0 aromatic heterocycles. The first-order chi connectivity index (χ1) is 18.7. The minimum absolute atomic E-state index is 0.000784. The molecule has 4 amide bonds. The summed E-state index contributed by atoms with van der Waals surface area (Å²) in [6, 6.07) is 14.2. The molecular weight excluding hydrogens is 560 g/mol. The molecule has 2 aromatic rings. The van der Waals surface area contributed by atoms with E-state index in [1.807, 2.05) is 43.0 Å². The quantitative estimate of drug-likeness (QED) is 0.389. The molecule has 2 saturated heterocycles. The van der Waals surface area contributed by atoms with Gasteiger partial charge in [-0.05, 0) is 68.3 Å². The van der Waals surface area contributed by atoms with Crippen LogP contribution in [0.1, 0.15) is 68.4 Å². The zero-order valence-corrected chi connectivity index (χ0v) is 24.9. The molecule has 0 bridgehead atoms. The third-order valence-electron chi connectivity index (χ3n) is 8.12. The number of imide groups is 1. The lowest BCUT2D eigenvalue weighted by Gasteiger charge is -2.53. The van der Waals surface area contributed by atoms with Crippen LogP contribution in [0.5, 0.6) is 5.75 Å². The average molecular weight is 600 g/mol. The van der Waals surface area contributed by atoms with Gasteiger partial charge < -0.3 is 19.9 Å². The van der Waals surface area contributed by atoms with Gasteiger partial charge in [-0.15, -0.1) is 0 Å². The highest BCUT2D eigenvalue weighted by Gasteiger charge is 2.63. The van der Waals surface area contributed by atoms with Gasteiger partial charge in [-0.2, -0.15) is 0 Å². The minimum atomic E-state index is -0.774. The first-order valence-electron chi connectivity index (χ1n) is 13.9. The summed E-state index contributed by atoms with van der Waals surface area (Å²) in [5, 5.41) is 3.07. The Morgan fingerprint density at radius 1 is 1.00 bits per heavy atom. The van der Waals surface area contributed by atoms with Gasteiger partial charge in [0.2, 0.25) is 5.91 Å². The number of ether oxygens (including phenoxy) is 1. The molecule has 0 aliphatic carbocycles. The Kier molecular flexibility index (Phi) is 9.33. The van der Waals surface area contributed by atoms with Gasteiger partial charge in [0.15, 0.2) is 6.23 Å². The number of benzene rings is 2. The Morgan fingerprint density at radius 2 is 1.62 bits per heavy atom. The smallest absolute Gasteiger partial charge is 0.327 e. The number of hydrogen-bond acceptors (Lipinski definition) is 5. The zero-order chi connectivity index (χ0) is 28.2. The van der Waals surface area contributed by atoms with Gasteiger partial charge in [0.25, 0.3) is 5.91 Å². The number of rotatable bonds is 9. The van der Waals surface area contributed by atoms with Crippen molar-refractivity contribution in [3.8, 4) is 5.75 Å². The van der Waals surface area contributed by atoms with E-state index in [2.05, 4.69) is 40.1 Å². The molecule has 0 radical (unpaired) electrons. The lowest BCUT2D eigenvalue weighted by atomic mass is 9.72. The zero-order valence-electron chi connectivity index (χ0n) is 23.3. The monoisotopic (exact) mass is 598 g/mol. The van der Waals surface area contributed by atoms with Crippen molar-refractivity contribution in [1.82, 2.24) is 20.0 Å². The molecule has 2 atom stereocenters. The summed E-state index contributed by atoms with van der Waals surface area (Å²) >= 11 is 3.46. The number of β-lactam (4-membered cyclic amide) rings is 1. The molecule has 2 heterocycles. The van der Waals surface area contributed by atoms with Gasteiger partial charge in [0, 0.05) is 36.2 Å². The third kappa shape index (κ3) is 5.99. The number of hydrogen-bond donors (Lipinski definition) is 1. The molecule has 9 heteroatoms. The summed E-state index contributed by atoms with van der Waals surface area (Å²) in [4.78, 5) is 45.1. The summed E-state index contributed by atoms with van der Waals surface area (Å²) in [5.41, 5.74) is 0.806. The van der Waals surface area contributed by atoms with Crippen LogP contribution in [0.15, 0.2) is 53.0 Å². The second-order valence-corrected chi connectivity index (χ2v) is 11.4. The molecule has 39 heavy (non-hydrogen) atoms. The first-order valence-corrected chi connectivity index (χ1v) is 14.7. The van der Waals surface area contributed by atoms with Gasteiger partial charge in [-0.25, -0.2) is 9.69 Å². The van der Waals surface area contributed by atoms with Crippen LogP contribution in [-0.4, -0.2) is 72.0 Å². The molecule has 0 saturated carbocycles. The number of likely N-dealkylation sites (N-methyl/N-ethyl adjacent to an activating group) is 1. The Bertz CT molecular complexity index is 1160. The van der Waals surface area contributed by atoms with Crippen LogP contribution in [-0.2, 0) is 4.79 Å². The van der Waals surface area contributed by atoms with Gasteiger partial charge in [-0.1, -0.05) is 55.3 Å². The molecule has 210 valence electrons. The number of nitrogens with one attached hydrogen (secondary N) is 1. The second kappa shape index (κ2) is 12.5. The number of nitrogens with zero attached hydrogens (tertiary/aromatic N) is 3. The largest absolute Gasteiger partial charge is 0.469 e. The van der Waals surface area contributed by atoms with Crippen LogP contribution in [0.4, 0.5) is 4.79 Å². The van der Waals surface area contributed by atoms with Crippen molar-refractivity contribution in [2.24, 2.45) is 5.41 Å². The maximum Gasteiger partial charge on any atom is 0.327 e. The van der Waals surface area contributed by atoms with Gasteiger partial charge >= 0.3 is 6.03 Å².